The zero-order valence-electron chi connectivity index (χ0n) is 23.7. The molecule has 5 aromatic rings. The fourth-order valence-corrected chi connectivity index (χ4v) is 6.58. The summed E-state index contributed by atoms with van der Waals surface area (Å²) >= 11 is 7.52. The van der Waals surface area contributed by atoms with Crippen LogP contribution in [-0.2, 0) is 9.53 Å². The second-order valence-electron chi connectivity index (χ2n) is 9.72. The number of rotatable bonds is 7. The molecule has 1 aliphatic heterocycles. The maximum atomic E-state index is 14.4. The van der Waals surface area contributed by atoms with Crippen molar-refractivity contribution < 1.29 is 19.0 Å². The van der Waals surface area contributed by atoms with Crippen molar-refractivity contribution in [3.8, 4) is 11.5 Å². The fraction of sp³-hybridized carbons (Fsp3) is 0.147. The monoisotopic (exact) mass is 610 g/mol. The molecular weight excluding hydrogens is 584 g/mol. The number of aromatic nitrogens is 1. The zero-order chi connectivity index (χ0) is 30.1. The van der Waals surface area contributed by atoms with Crippen molar-refractivity contribution in [2.45, 2.75) is 13.0 Å². The first kappa shape index (κ1) is 28.5. The third-order valence-corrected chi connectivity index (χ3v) is 8.49. The first-order valence-electron chi connectivity index (χ1n) is 13.6. The van der Waals surface area contributed by atoms with E-state index in [1.807, 2.05) is 66.7 Å². The topological polar surface area (TPSA) is 79.1 Å². The summed E-state index contributed by atoms with van der Waals surface area (Å²) in [6.45, 7) is 1.91. The smallest absolute Gasteiger partial charge is 0.338 e. The predicted molar refractivity (Wildman–Crippen MR) is 170 cm³/mol. The van der Waals surface area contributed by atoms with Gasteiger partial charge in [0.15, 0.2) is 4.80 Å². The molecule has 0 spiro atoms. The summed E-state index contributed by atoms with van der Waals surface area (Å²) in [5, 5.41) is 2.29. The van der Waals surface area contributed by atoms with Gasteiger partial charge in [-0.2, -0.15) is 0 Å². The number of carbonyl (C=O) groups excluding carboxylic acids is 1. The lowest BCUT2D eigenvalue weighted by Gasteiger charge is -2.28. The molecule has 1 atom stereocenters. The van der Waals surface area contributed by atoms with Gasteiger partial charge in [0.1, 0.15) is 17.5 Å². The molecule has 0 amide bonds. The summed E-state index contributed by atoms with van der Waals surface area (Å²) in [4.78, 5) is 33.7. The minimum absolute atomic E-state index is 0.156. The van der Waals surface area contributed by atoms with Crippen LogP contribution in [0.15, 0.2) is 100 Å². The molecule has 0 radical (unpaired) electrons. The van der Waals surface area contributed by atoms with E-state index >= 15 is 0 Å². The lowest BCUT2D eigenvalue weighted by Crippen LogP contribution is -2.40. The first-order valence-corrected chi connectivity index (χ1v) is 14.8. The molecule has 0 aliphatic carbocycles. The second-order valence-corrected chi connectivity index (χ2v) is 11.2. The zero-order valence-corrected chi connectivity index (χ0v) is 25.2. The molecule has 6 rings (SSSR count). The maximum absolute atomic E-state index is 14.4. The molecular formula is C34H27ClN2O5S. The number of hydrogen-bond acceptors (Lipinski definition) is 7. The van der Waals surface area contributed by atoms with Gasteiger partial charge in [-0.15, -0.1) is 0 Å². The van der Waals surface area contributed by atoms with E-state index in [1.165, 1.54) is 11.3 Å². The molecule has 4 aromatic carbocycles. The molecule has 0 saturated carbocycles. The van der Waals surface area contributed by atoms with E-state index in [2.05, 4.69) is 0 Å². The van der Waals surface area contributed by atoms with Crippen molar-refractivity contribution in [3.63, 3.8) is 0 Å². The molecule has 1 aliphatic rings. The van der Waals surface area contributed by atoms with Crippen molar-refractivity contribution in [2.75, 3.05) is 20.8 Å². The molecule has 7 nitrogen and oxygen atoms in total. The normalized spacial score (nSPS) is 14.8. The molecule has 9 heteroatoms. The van der Waals surface area contributed by atoms with Crippen LogP contribution in [0.2, 0.25) is 5.02 Å². The van der Waals surface area contributed by atoms with Crippen LogP contribution in [0.1, 0.15) is 29.7 Å². The Morgan fingerprint density at radius 1 is 0.977 bits per heavy atom. The molecule has 216 valence electrons. The molecule has 0 fully saturated rings. The van der Waals surface area contributed by atoms with Gasteiger partial charge < -0.3 is 14.2 Å². The van der Waals surface area contributed by atoms with Gasteiger partial charge in [-0.3, -0.25) is 9.36 Å². The average molecular weight is 611 g/mol. The van der Waals surface area contributed by atoms with Crippen LogP contribution < -0.4 is 24.4 Å². The van der Waals surface area contributed by atoms with Crippen molar-refractivity contribution in [1.82, 2.24) is 4.57 Å². The Balaban J connectivity index is 1.75. The Morgan fingerprint density at radius 2 is 1.70 bits per heavy atom. The summed E-state index contributed by atoms with van der Waals surface area (Å²) in [6, 6.07) is 25.4. The Hall–Kier alpha value is -4.66. The van der Waals surface area contributed by atoms with E-state index in [0.717, 1.165) is 16.3 Å². The average Bonchev–Trinajstić information content (AvgIpc) is 3.34. The first-order chi connectivity index (χ1) is 20.9. The second kappa shape index (κ2) is 11.9. The van der Waals surface area contributed by atoms with Crippen molar-refractivity contribution >= 4 is 51.5 Å². The van der Waals surface area contributed by atoms with Gasteiger partial charge in [-0.1, -0.05) is 83.6 Å². The third kappa shape index (κ3) is 5.13. The number of benzene rings is 4. The highest BCUT2D eigenvalue weighted by Gasteiger charge is 2.37. The van der Waals surface area contributed by atoms with Crippen LogP contribution in [0.4, 0.5) is 0 Å². The number of thiazole rings is 1. The van der Waals surface area contributed by atoms with Crippen LogP contribution in [0.5, 0.6) is 11.5 Å². The van der Waals surface area contributed by atoms with Crippen molar-refractivity contribution in [2.24, 2.45) is 4.99 Å². The van der Waals surface area contributed by atoms with Crippen molar-refractivity contribution in [3.05, 3.63) is 132 Å². The van der Waals surface area contributed by atoms with Gasteiger partial charge in [-0.05, 0) is 48.0 Å². The highest BCUT2D eigenvalue weighted by Crippen LogP contribution is 2.42. The van der Waals surface area contributed by atoms with Crippen LogP contribution in [-0.4, -0.2) is 31.4 Å². The molecule has 2 heterocycles. The Kier molecular flexibility index (Phi) is 7.88. The van der Waals surface area contributed by atoms with E-state index in [4.69, 9.17) is 30.8 Å². The fourth-order valence-electron chi connectivity index (χ4n) is 5.41. The Morgan fingerprint density at radius 3 is 2.44 bits per heavy atom. The summed E-state index contributed by atoms with van der Waals surface area (Å²) in [5.41, 5.74) is 2.41. The van der Waals surface area contributed by atoms with E-state index in [9.17, 15) is 9.59 Å². The number of fused-ring (bicyclic) bond motifs is 2. The minimum Gasteiger partial charge on any atom is -0.496 e. The Bertz CT molecular complexity index is 2080. The summed E-state index contributed by atoms with van der Waals surface area (Å²) in [7, 11) is 3.14. The number of ether oxygens (including phenoxy) is 3. The Labute approximate surface area is 256 Å². The largest absolute Gasteiger partial charge is 0.496 e. The number of esters is 1. The quantitative estimate of drug-likeness (QED) is 0.219. The number of nitrogens with zero attached hydrogens (tertiary/aromatic N) is 2. The van der Waals surface area contributed by atoms with Gasteiger partial charge in [-0.25, -0.2) is 9.79 Å². The third-order valence-electron chi connectivity index (χ3n) is 7.28. The van der Waals surface area contributed by atoms with E-state index in [1.54, 1.807) is 50.0 Å². The predicted octanol–water partition coefficient (Wildman–Crippen LogP) is 5.76. The van der Waals surface area contributed by atoms with E-state index in [0.29, 0.717) is 42.7 Å². The number of hydrogen-bond donors (Lipinski definition) is 0. The van der Waals surface area contributed by atoms with Crippen LogP contribution in [0.3, 0.4) is 0 Å². The van der Waals surface area contributed by atoms with Gasteiger partial charge in [0, 0.05) is 21.7 Å². The highest BCUT2D eigenvalue weighted by atomic mass is 35.5. The number of methoxy groups -OCH3 is 2. The van der Waals surface area contributed by atoms with Crippen LogP contribution >= 0.6 is 22.9 Å². The van der Waals surface area contributed by atoms with Crippen LogP contribution in [0.25, 0.3) is 22.5 Å². The van der Waals surface area contributed by atoms with Gasteiger partial charge in [0.2, 0.25) is 0 Å². The molecule has 43 heavy (non-hydrogen) atoms. The van der Waals surface area contributed by atoms with Gasteiger partial charge >= 0.3 is 5.97 Å². The SMILES string of the molecule is CCOC(=O)C1=C(c2ccccc2)N=c2sc(=Cc3cc(Cl)ccc3OC)c(=O)n2C1c1c(OC)ccc2ccccc12. The molecule has 0 N–H and O–H groups in total. The van der Waals surface area contributed by atoms with Gasteiger partial charge in [0.25, 0.3) is 5.56 Å². The lowest BCUT2D eigenvalue weighted by atomic mass is 9.89. The molecule has 0 saturated heterocycles. The minimum atomic E-state index is -0.894. The summed E-state index contributed by atoms with van der Waals surface area (Å²) in [5.74, 6) is 0.543. The number of halogens is 1. The molecule has 1 unspecified atom stereocenters. The molecule has 1 aromatic heterocycles. The van der Waals surface area contributed by atoms with Gasteiger partial charge in [0.05, 0.1) is 36.6 Å². The number of carbonyl (C=O) groups is 1. The summed E-state index contributed by atoms with van der Waals surface area (Å²) < 4.78 is 19.0. The van der Waals surface area contributed by atoms with E-state index < -0.39 is 12.0 Å². The van der Waals surface area contributed by atoms with Crippen molar-refractivity contribution in [1.29, 1.82) is 0 Å². The maximum Gasteiger partial charge on any atom is 0.338 e. The van der Waals surface area contributed by atoms with E-state index in [-0.39, 0.29) is 17.7 Å². The van der Waals surface area contributed by atoms with Crippen LogP contribution in [0, 0.1) is 0 Å². The lowest BCUT2D eigenvalue weighted by molar-refractivity contribution is -0.138. The summed E-state index contributed by atoms with van der Waals surface area (Å²) in [6.07, 6.45) is 1.74. The highest BCUT2D eigenvalue weighted by molar-refractivity contribution is 7.07. The molecule has 0 bridgehead atoms. The standard InChI is InChI=1S/C34H27ClN2O5S/c1-4-42-33(39)29-30(21-11-6-5-7-12-21)36-34-37(31(29)28-24-13-9-8-10-20(24)14-16-26(28)41-3)32(38)27(43-34)19-22-18-23(35)15-17-25(22)40-2/h5-19,31H,4H2,1-3H3.